The third-order valence-electron chi connectivity index (χ3n) is 2.78. The maximum atomic E-state index is 3.53. The standard InChI is InChI=1S/C15H29N2P/c1-13(2,3)16-10-11-17(12-16)18(14(4,5)6)15(7,8)9/h10-11H,1-9H3. The van der Waals surface area contributed by atoms with Crippen molar-refractivity contribution in [1.29, 1.82) is 0 Å². The smallest absolute Gasteiger partial charge is 0.206 e. The van der Waals surface area contributed by atoms with Crippen molar-refractivity contribution >= 4 is 8.07 Å². The van der Waals surface area contributed by atoms with E-state index in [0.717, 1.165) is 0 Å². The molecule has 2 nitrogen and oxygen atoms in total. The van der Waals surface area contributed by atoms with Crippen LogP contribution in [0.2, 0.25) is 0 Å². The molecule has 0 unspecified atom stereocenters. The van der Waals surface area contributed by atoms with Crippen molar-refractivity contribution in [3.05, 3.63) is 18.7 Å². The van der Waals surface area contributed by atoms with Gasteiger partial charge in [-0.05, 0) is 33.2 Å². The van der Waals surface area contributed by atoms with Crippen molar-refractivity contribution in [2.75, 3.05) is 0 Å². The minimum Gasteiger partial charge on any atom is -0.347 e. The molecule has 0 aromatic carbocycles. The van der Waals surface area contributed by atoms with Crippen LogP contribution in [0.25, 0.3) is 0 Å². The number of imidazole rings is 1. The molecule has 0 saturated heterocycles. The Labute approximate surface area is 114 Å². The molecule has 0 N–H and O–H groups in total. The summed E-state index contributed by atoms with van der Waals surface area (Å²) in [5.74, 6) is 0. The summed E-state index contributed by atoms with van der Waals surface area (Å²) in [5.41, 5.74) is 0.0992. The number of hydrogen-bond donors (Lipinski definition) is 0. The summed E-state index contributed by atoms with van der Waals surface area (Å²) in [7, 11) is -0.324. The molecule has 104 valence electrons. The van der Waals surface area contributed by atoms with Gasteiger partial charge in [0.2, 0.25) is 6.33 Å². The van der Waals surface area contributed by atoms with Crippen molar-refractivity contribution < 1.29 is 4.57 Å². The van der Waals surface area contributed by atoms with Gasteiger partial charge in [0.1, 0.15) is 0 Å². The molecule has 0 radical (unpaired) electrons. The van der Waals surface area contributed by atoms with Gasteiger partial charge in [0, 0.05) is 10.3 Å². The highest BCUT2D eigenvalue weighted by Gasteiger charge is 2.39. The molecule has 0 amide bonds. The van der Waals surface area contributed by atoms with Gasteiger partial charge in [-0.25, -0.2) is 0 Å². The fraction of sp³-hybridized carbons (Fsp3) is 0.800. The number of aromatic nitrogens is 2. The van der Waals surface area contributed by atoms with Crippen molar-refractivity contribution in [2.45, 2.75) is 78.2 Å². The zero-order valence-electron chi connectivity index (χ0n) is 13.5. The summed E-state index contributed by atoms with van der Waals surface area (Å²) in [5, 5.41) is 0.553. The Bertz CT molecular complexity index is 385. The Morgan fingerprint density at radius 2 is 1.33 bits per heavy atom. The van der Waals surface area contributed by atoms with E-state index < -0.39 is 0 Å². The summed E-state index contributed by atoms with van der Waals surface area (Å²) < 4.78 is 4.50. The first-order chi connectivity index (χ1) is 7.83. The van der Waals surface area contributed by atoms with E-state index >= 15 is 0 Å². The summed E-state index contributed by atoms with van der Waals surface area (Å²) in [6.07, 6.45) is 7.86. The molecule has 1 aromatic rings. The van der Waals surface area contributed by atoms with Crippen LogP contribution < -0.4 is 4.57 Å². The Morgan fingerprint density at radius 1 is 0.889 bits per heavy atom. The lowest BCUT2D eigenvalue weighted by atomic mass is 10.1. The van der Waals surface area contributed by atoms with Gasteiger partial charge in [0.15, 0.2) is 0 Å². The van der Waals surface area contributed by atoms with Crippen LogP contribution in [0.1, 0.15) is 62.3 Å². The third-order valence-corrected chi connectivity index (χ3v) is 5.97. The van der Waals surface area contributed by atoms with E-state index in [1.54, 1.807) is 0 Å². The van der Waals surface area contributed by atoms with Crippen molar-refractivity contribution in [2.24, 2.45) is 0 Å². The highest BCUT2D eigenvalue weighted by atomic mass is 31.1. The minimum absolute atomic E-state index is 0.0992. The summed E-state index contributed by atoms with van der Waals surface area (Å²) in [6, 6.07) is 0. The molecule has 0 spiro atoms. The number of hydrogen-bond acceptors (Lipinski definition) is 0. The van der Waals surface area contributed by atoms with Gasteiger partial charge in [0.05, 0.1) is 13.6 Å². The molecule has 0 fully saturated rings. The maximum Gasteiger partial charge on any atom is 0.206 e. The molecule has 0 atom stereocenters. The SMILES string of the molecule is CC(C)(C)[n+]1[c-]n(P(C(C)(C)C)C(C)(C)C)cc1. The maximum absolute atomic E-state index is 3.53. The van der Waals surface area contributed by atoms with E-state index in [9.17, 15) is 0 Å². The number of rotatable bonds is 1. The summed E-state index contributed by atoms with van der Waals surface area (Å²) in [6.45, 7) is 20.6. The van der Waals surface area contributed by atoms with Crippen molar-refractivity contribution in [3.63, 3.8) is 0 Å². The molecule has 18 heavy (non-hydrogen) atoms. The lowest BCUT2D eigenvalue weighted by Crippen LogP contribution is -2.49. The van der Waals surface area contributed by atoms with Crippen LogP contribution in [0.3, 0.4) is 0 Å². The zero-order chi connectivity index (χ0) is 14.4. The van der Waals surface area contributed by atoms with Crippen molar-refractivity contribution in [1.82, 2.24) is 4.34 Å². The Morgan fingerprint density at radius 3 is 1.61 bits per heavy atom. The Balaban J connectivity index is 3.21. The van der Waals surface area contributed by atoms with E-state index in [2.05, 4.69) is 89.9 Å². The Hall–Kier alpha value is -0.360. The first-order valence-electron chi connectivity index (χ1n) is 6.67. The fourth-order valence-electron chi connectivity index (χ4n) is 2.44. The predicted octanol–water partition coefficient (Wildman–Crippen LogP) is 4.17. The molecule has 1 rings (SSSR count). The molecule has 0 bridgehead atoms. The largest absolute Gasteiger partial charge is 0.347 e. The van der Waals surface area contributed by atoms with Crippen LogP contribution in [-0.4, -0.2) is 14.6 Å². The molecule has 0 saturated carbocycles. The second-order valence-corrected chi connectivity index (χ2v) is 11.7. The lowest BCUT2D eigenvalue weighted by molar-refractivity contribution is -0.756. The minimum atomic E-state index is -0.324. The van der Waals surface area contributed by atoms with Crippen LogP contribution in [0.5, 0.6) is 0 Å². The van der Waals surface area contributed by atoms with Crippen molar-refractivity contribution in [3.8, 4) is 0 Å². The van der Waals surface area contributed by atoms with Crippen LogP contribution >= 0.6 is 8.07 Å². The molecule has 0 aliphatic carbocycles. The first-order valence-corrected chi connectivity index (χ1v) is 7.96. The molecule has 0 aliphatic rings. The van der Waals surface area contributed by atoms with Gasteiger partial charge < -0.3 is 8.90 Å². The molecular weight excluding hydrogens is 239 g/mol. The molecule has 0 aliphatic heterocycles. The average Bonchev–Trinajstić information content (AvgIpc) is 2.45. The van der Waals surface area contributed by atoms with Gasteiger partial charge in [-0.2, -0.15) is 0 Å². The average molecular weight is 268 g/mol. The van der Waals surface area contributed by atoms with E-state index in [-0.39, 0.29) is 23.9 Å². The van der Waals surface area contributed by atoms with E-state index in [1.807, 2.05) is 0 Å². The second kappa shape index (κ2) is 4.63. The fourth-order valence-corrected chi connectivity index (χ4v) is 6.13. The van der Waals surface area contributed by atoms with E-state index in [1.165, 1.54) is 0 Å². The molecular formula is C15H29N2P. The van der Waals surface area contributed by atoms with Gasteiger partial charge in [-0.1, -0.05) is 41.5 Å². The van der Waals surface area contributed by atoms with Gasteiger partial charge in [-0.15, -0.1) is 0 Å². The van der Waals surface area contributed by atoms with Crippen LogP contribution in [0.4, 0.5) is 0 Å². The predicted molar refractivity (Wildman–Crippen MR) is 80.3 cm³/mol. The monoisotopic (exact) mass is 268 g/mol. The summed E-state index contributed by atoms with van der Waals surface area (Å²) in [4.78, 5) is 0. The number of nitrogens with zero attached hydrogens (tertiary/aromatic N) is 2. The van der Waals surface area contributed by atoms with Gasteiger partial charge in [-0.3, -0.25) is 0 Å². The molecule has 1 heterocycles. The highest BCUT2D eigenvalue weighted by Crippen LogP contribution is 2.59. The molecule has 3 heteroatoms. The van der Waals surface area contributed by atoms with E-state index in [0.29, 0.717) is 0 Å². The third kappa shape index (κ3) is 3.57. The van der Waals surface area contributed by atoms with Crippen LogP contribution in [-0.2, 0) is 5.54 Å². The second-order valence-electron chi connectivity index (χ2n) is 7.94. The topological polar surface area (TPSA) is 8.81 Å². The van der Waals surface area contributed by atoms with E-state index in [4.69, 9.17) is 0 Å². The molecule has 1 aromatic heterocycles. The lowest BCUT2D eigenvalue weighted by Gasteiger charge is -2.39. The normalized spacial score (nSPS) is 14.3. The summed E-state index contributed by atoms with van der Waals surface area (Å²) >= 11 is 0. The van der Waals surface area contributed by atoms with Gasteiger partial charge in [0.25, 0.3) is 0 Å². The Kier molecular flexibility index (Phi) is 4.04. The van der Waals surface area contributed by atoms with Crippen LogP contribution in [0, 0.1) is 6.33 Å². The first kappa shape index (κ1) is 15.7. The quantitative estimate of drug-likeness (QED) is 0.410. The zero-order valence-corrected chi connectivity index (χ0v) is 14.4. The van der Waals surface area contributed by atoms with Gasteiger partial charge >= 0.3 is 0 Å². The van der Waals surface area contributed by atoms with Crippen LogP contribution in [0.15, 0.2) is 12.4 Å². The highest BCUT2D eigenvalue weighted by molar-refractivity contribution is 7.59.